The number of urea groups is 1. The van der Waals surface area contributed by atoms with Crippen molar-refractivity contribution < 1.29 is 42.2 Å². The van der Waals surface area contributed by atoms with E-state index in [1.54, 1.807) is 12.0 Å². The van der Waals surface area contributed by atoms with E-state index in [0.29, 0.717) is 91.1 Å². The maximum absolute atomic E-state index is 14.9. The zero-order chi connectivity index (χ0) is 43.9. The lowest BCUT2D eigenvalue weighted by Crippen LogP contribution is -2.59. The van der Waals surface area contributed by atoms with Gasteiger partial charge < -0.3 is 35.0 Å². The molecule has 5 heterocycles. The Morgan fingerprint density at radius 1 is 1.05 bits per heavy atom. The number of sulfonamides is 1. The van der Waals surface area contributed by atoms with Gasteiger partial charge in [0.15, 0.2) is 0 Å². The zero-order valence-corrected chi connectivity index (χ0v) is 37.4. The first kappa shape index (κ1) is 43.8. The number of aryl methyl sites for hydroxylation is 1. The van der Waals surface area contributed by atoms with E-state index in [0.717, 1.165) is 24.1 Å². The third kappa shape index (κ3) is 9.14. The summed E-state index contributed by atoms with van der Waals surface area (Å²) in [5.74, 6) is -0.973. The predicted molar refractivity (Wildman–Crippen MR) is 233 cm³/mol. The molecule has 2 saturated heterocycles. The van der Waals surface area contributed by atoms with Crippen LogP contribution in [-0.2, 0) is 24.4 Å². The third-order valence-corrected chi connectivity index (χ3v) is 15.6. The molecule has 5 aliphatic rings. The van der Waals surface area contributed by atoms with Crippen molar-refractivity contribution in [2.75, 3.05) is 26.7 Å². The summed E-state index contributed by atoms with van der Waals surface area (Å²) in [5, 5.41) is 18.8. The minimum Gasteiger partial charge on any atom is -0.496 e. The highest BCUT2D eigenvalue weighted by Crippen LogP contribution is 2.46. The first-order valence-corrected chi connectivity index (χ1v) is 24.3. The molecular weight excluding hydrogens is 835 g/mol. The smallest absolute Gasteiger partial charge is 0.318 e. The molecule has 2 saturated carbocycles. The molecular formula is C44H57N7O9S2. The van der Waals surface area contributed by atoms with E-state index in [-0.39, 0.29) is 25.3 Å². The number of aliphatic hydroxyl groups excluding tert-OH is 1. The van der Waals surface area contributed by atoms with Gasteiger partial charge in [0.25, 0.3) is 5.91 Å². The van der Waals surface area contributed by atoms with Gasteiger partial charge in [-0.05, 0) is 76.3 Å². The molecule has 62 heavy (non-hydrogen) atoms. The van der Waals surface area contributed by atoms with Crippen LogP contribution in [0.15, 0.2) is 35.7 Å². The van der Waals surface area contributed by atoms with E-state index < -0.39 is 74.8 Å². The minimum absolute atomic E-state index is 0.0131. The maximum Gasteiger partial charge on any atom is 0.318 e. The fourth-order valence-electron chi connectivity index (χ4n) is 8.81. The minimum atomic E-state index is -3.92. The van der Waals surface area contributed by atoms with Crippen molar-refractivity contribution in [3.63, 3.8) is 0 Å². The van der Waals surface area contributed by atoms with Crippen molar-refractivity contribution in [1.82, 2.24) is 35.1 Å². The van der Waals surface area contributed by atoms with Gasteiger partial charge in [-0.15, -0.1) is 11.3 Å². The van der Waals surface area contributed by atoms with Crippen LogP contribution in [0.5, 0.6) is 11.5 Å². The molecule has 334 valence electrons. The standard InChI is InChI=1S/C44H57N7O9S2/c1-25(2)34-24-61-40(46-34)33-21-37(31-14-15-36(59-4)26(3)38(31)45-33)60-29-20-35-39(53)48-44(42(55)49-62(57,58)30-12-13-30)22-27(44)10-8-6-5-7-9-11-32(41(54)51(35)23-29)47-43(56)50-18-16-28(52)17-19-50/h8,10,14-15,21,24-25,27-30,32,35,52H,5-7,9,11-13,16-20,22-23H2,1-4H3,(H,47,56)(H,48,53)(H,49,55)/t27-,29-,32+,35+,44-/m1/s1. The molecule has 3 aliphatic heterocycles. The second-order valence-electron chi connectivity index (χ2n) is 17.7. The molecule has 0 spiro atoms. The van der Waals surface area contributed by atoms with Gasteiger partial charge in [-0.1, -0.05) is 38.8 Å². The van der Waals surface area contributed by atoms with Gasteiger partial charge >= 0.3 is 6.03 Å². The highest BCUT2D eigenvalue weighted by molar-refractivity contribution is 7.91. The van der Waals surface area contributed by atoms with Crippen LogP contribution in [0.4, 0.5) is 4.79 Å². The summed E-state index contributed by atoms with van der Waals surface area (Å²) in [6, 6.07) is 3.02. The molecule has 0 radical (unpaired) electrons. The fraction of sp³-hybridized carbons (Fsp3) is 0.591. The number of likely N-dealkylation sites (tertiary alicyclic amines) is 1. The van der Waals surface area contributed by atoms with Gasteiger partial charge in [0.1, 0.15) is 45.9 Å². The Labute approximate surface area is 366 Å². The van der Waals surface area contributed by atoms with Crippen LogP contribution in [-0.4, -0.2) is 119 Å². The van der Waals surface area contributed by atoms with Crippen LogP contribution in [0.25, 0.3) is 21.6 Å². The lowest BCUT2D eigenvalue weighted by atomic mass is 10.0. The molecule has 18 heteroatoms. The van der Waals surface area contributed by atoms with Gasteiger partial charge in [0.2, 0.25) is 21.8 Å². The normalized spacial score (nSPS) is 26.3. The van der Waals surface area contributed by atoms with Crippen molar-refractivity contribution in [1.29, 1.82) is 0 Å². The number of hydrogen-bond acceptors (Lipinski definition) is 12. The second-order valence-corrected chi connectivity index (χ2v) is 20.6. The third-order valence-electron chi connectivity index (χ3n) is 12.9. The first-order chi connectivity index (χ1) is 29.7. The number of allylic oxidation sites excluding steroid dienone is 1. The highest BCUT2D eigenvalue weighted by atomic mass is 32.2. The number of aliphatic hydroxyl groups is 1. The molecule has 4 N–H and O–H groups in total. The summed E-state index contributed by atoms with van der Waals surface area (Å²) in [5.41, 5.74) is 1.46. The largest absolute Gasteiger partial charge is 0.496 e. The van der Waals surface area contributed by atoms with Crippen LogP contribution >= 0.6 is 11.3 Å². The van der Waals surface area contributed by atoms with E-state index in [1.165, 1.54) is 16.2 Å². The topological polar surface area (TPSA) is 209 Å². The summed E-state index contributed by atoms with van der Waals surface area (Å²) in [7, 11) is -2.32. The van der Waals surface area contributed by atoms with Crippen molar-refractivity contribution in [2.45, 2.75) is 132 Å². The molecule has 2 aromatic heterocycles. The Morgan fingerprint density at radius 2 is 1.82 bits per heavy atom. The van der Waals surface area contributed by atoms with E-state index in [2.05, 4.69) is 29.2 Å². The summed E-state index contributed by atoms with van der Waals surface area (Å²) in [6.07, 6.45) is 7.89. The molecule has 1 aromatic carbocycles. The number of pyridine rings is 1. The number of hydrogen-bond donors (Lipinski definition) is 4. The number of amides is 5. The van der Waals surface area contributed by atoms with E-state index in [1.807, 2.05) is 42.7 Å². The number of nitrogens with one attached hydrogen (secondary N) is 3. The Morgan fingerprint density at radius 3 is 2.53 bits per heavy atom. The summed E-state index contributed by atoms with van der Waals surface area (Å²) >= 11 is 1.48. The Balaban J connectivity index is 1.14. The summed E-state index contributed by atoms with van der Waals surface area (Å²) in [4.78, 5) is 70.1. The molecule has 3 aromatic rings. The molecule has 0 unspecified atom stereocenters. The molecule has 5 amide bonds. The van der Waals surface area contributed by atoms with Crippen molar-refractivity contribution in [3.8, 4) is 22.2 Å². The zero-order valence-electron chi connectivity index (χ0n) is 35.7. The van der Waals surface area contributed by atoms with Crippen LogP contribution in [0.1, 0.15) is 102 Å². The number of carbonyl (C=O) groups excluding carboxylic acids is 4. The van der Waals surface area contributed by atoms with E-state index in [4.69, 9.17) is 19.4 Å². The van der Waals surface area contributed by atoms with Crippen molar-refractivity contribution in [2.24, 2.45) is 5.92 Å². The fourth-order valence-corrected chi connectivity index (χ4v) is 11.1. The summed E-state index contributed by atoms with van der Waals surface area (Å²) in [6.45, 7) is 6.75. The van der Waals surface area contributed by atoms with Crippen LogP contribution in [0.3, 0.4) is 0 Å². The number of thiazole rings is 1. The number of fused-ring (bicyclic) bond motifs is 3. The Kier molecular flexibility index (Phi) is 12.5. The molecule has 5 atom stereocenters. The highest BCUT2D eigenvalue weighted by Gasteiger charge is 2.62. The van der Waals surface area contributed by atoms with Gasteiger partial charge in [-0.3, -0.25) is 19.1 Å². The SMILES string of the molecule is COc1ccc2c(O[C@@H]3C[C@H]4C(=O)N[C@]5(C(=O)NS(=O)(=O)C6CC6)C[C@H]5C=CCCCCC[C@H](NC(=O)N5CCC(O)CC5)C(=O)N4C3)cc(-c3nc(C(C)C)cs3)nc2c1C. The van der Waals surface area contributed by atoms with Crippen molar-refractivity contribution in [3.05, 3.63) is 47.0 Å². The maximum atomic E-state index is 14.9. The van der Waals surface area contributed by atoms with Gasteiger partial charge in [0.05, 0.1) is 36.2 Å². The molecule has 8 rings (SSSR count). The number of ether oxygens (including phenoxy) is 2. The average Bonchev–Trinajstić information content (AvgIpc) is 4.12. The number of aromatic nitrogens is 2. The number of methoxy groups -OCH3 is 1. The lowest BCUT2D eigenvalue weighted by Gasteiger charge is -2.33. The van der Waals surface area contributed by atoms with Crippen LogP contribution in [0, 0.1) is 12.8 Å². The number of nitrogens with zero attached hydrogens (tertiary/aromatic N) is 4. The summed E-state index contributed by atoms with van der Waals surface area (Å²) < 4.78 is 40.7. The molecule has 0 bridgehead atoms. The molecule has 2 aliphatic carbocycles. The van der Waals surface area contributed by atoms with Gasteiger partial charge in [-0.25, -0.2) is 23.2 Å². The number of piperidine rings is 1. The number of benzene rings is 1. The monoisotopic (exact) mass is 891 g/mol. The Hall–Kier alpha value is -4.81. The van der Waals surface area contributed by atoms with E-state index >= 15 is 0 Å². The lowest BCUT2D eigenvalue weighted by molar-refractivity contribution is -0.141. The molecule has 4 fully saturated rings. The Bertz CT molecular complexity index is 2360. The quantitative estimate of drug-likeness (QED) is 0.217. The number of rotatable bonds is 9. The van der Waals surface area contributed by atoms with Crippen molar-refractivity contribution >= 4 is 56.0 Å². The van der Waals surface area contributed by atoms with Crippen LogP contribution < -0.4 is 24.8 Å². The van der Waals surface area contributed by atoms with Crippen LogP contribution in [0.2, 0.25) is 0 Å². The predicted octanol–water partition coefficient (Wildman–Crippen LogP) is 4.69. The number of carbonyl (C=O) groups is 4. The van der Waals surface area contributed by atoms with Gasteiger partial charge in [-0.2, -0.15) is 0 Å². The molecule has 16 nitrogen and oxygen atoms in total. The average molecular weight is 892 g/mol. The second kappa shape index (κ2) is 17.8. The van der Waals surface area contributed by atoms with E-state index in [9.17, 15) is 32.7 Å². The first-order valence-electron chi connectivity index (χ1n) is 21.9. The van der Waals surface area contributed by atoms with Gasteiger partial charge in [0, 0.05) is 47.8 Å².